The van der Waals surface area contributed by atoms with E-state index in [1.807, 2.05) is 19.9 Å². The van der Waals surface area contributed by atoms with Crippen molar-refractivity contribution in [3.8, 4) is 5.88 Å². The van der Waals surface area contributed by atoms with Crippen molar-refractivity contribution in [1.29, 1.82) is 0 Å². The number of halogens is 1. The van der Waals surface area contributed by atoms with Crippen LogP contribution in [0.2, 0.25) is 5.02 Å². The van der Waals surface area contributed by atoms with Gasteiger partial charge in [0.25, 0.3) is 0 Å². The number of aliphatic hydroxyl groups excluding tert-OH is 1. The Morgan fingerprint density at radius 1 is 1.26 bits per heavy atom. The van der Waals surface area contributed by atoms with Gasteiger partial charge in [0.1, 0.15) is 5.60 Å². The lowest BCUT2D eigenvalue weighted by molar-refractivity contribution is -0.183. The second kappa shape index (κ2) is 8.70. The van der Waals surface area contributed by atoms with E-state index in [1.165, 1.54) is 6.20 Å². The molecule has 8 heteroatoms. The smallest absolute Gasteiger partial charge is 0.233 e. The number of hydrogen-bond acceptors (Lipinski definition) is 7. The summed E-state index contributed by atoms with van der Waals surface area (Å²) >= 11 is 6.02. The molecule has 4 aliphatic carbocycles. The maximum Gasteiger partial charge on any atom is 0.233 e. The summed E-state index contributed by atoms with van der Waals surface area (Å²) in [7, 11) is 0. The largest absolute Gasteiger partial charge is 0.468 e. The first kappa shape index (κ1) is 25.7. The van der Waals surface area contributed by atoms with E-state index in [-0.39, 0.29) is 41.9 Å². The molecular formula is C30H33ClN2O5. The SMILES string of the molecule is C[C@@H]1CC2C3CCC4=CC(=O)C=CC4(C)C3[C@@H](O)CC2(C)[C@@]1(O)C(=O)COc1cnc2cc(Cl)ccc2n1. The average molecular weight is 537 g/mol. The van der Waals surface area contributed by atoms with Gasteiger partial charge >= 0.3 is 0 Å². The molecule has 1 aromatic heterocycles. The number of fused-ring (bicyclic) bond motifs is 6. The third-order valence-corrected chi connectivity index (χ3v) is 10.6. The predicted octanol–water partition coefficient (Wildman–Crippen LogP) is 4.49. The highest BCUT2D eigenvalue weighted by molar-refractivity contribution is 6.31. The Morgan fingerprint density at radius 3 is 2.84 bits per heavy atom. The molecule has 3 fully saturated rings. The Bertz CT molecular complexity index is 1410. The van der Waals surface area contributed by atoms with E-state index < -0.39 is 28.3 Å². The highest BCUT2D eigenvalue weighted by Gasteiger charge is 2.70. The lowest BCUT2D eigenvalue weighted by Crippen LogP contribution is -2.63. The summed E-state index contributed by atoms with van der Waals surface area (Å²) in [6.07, 6.45) is 8.67. The third-order valence-electron chi connectivity index (χ3n) is 10.3. The number of ether oxygens (including phenoxy) is 1. The first-order valence-corrected chi connectivity index (χ1v) is 13.8. The summed E-state index contributed by atoms with van der Waals surface area (Å²) in [5.74, 6) is -0.359. The van der Waals surface area contributed by atoms with E-state index in [1.54, 1.807) is 30.4 Å². The summed E-state index contributed by atoms with van der Waals surface area (Å²) in [5.41, 5.74) is -0.538. The number of hydrogen-bond donors (Lipinski definition) is 2. The van der Waals surface area contributed by atoms with Gasteiger partial charge in [-0.15, -0.1) is 0 Å². The fraction of sp³-hybridized carbons (Fsp3) is 0.533. The number of Topliss-reactive ketones (excluding diaryl/α,β-unsaturated/α-hetero) is 1. The molecule has 0 radical (unpaired) electrons. The molecule has 3 saturated carbocycles. The fourth-order valence-corrected chi connectivity index (χ4v) is 8.71. The molecule has 7 nitrogen and oxygen atoms in total. The van der Waals surface area contributed by atoms with Crippen LogP contribution in [0.1, 0.15) is 46.5 Å². The van der Waals surface area contributed by atoms with Crippen molar-refractivity contribution in [3.05, 3.63) is 53.2 Å². The van der Waals surface area contributed by atoms with Gasteiger partial charge in [-0.1, -0.05) is 44.0 Å². The minimum absolute atomic E-state index is 0.000393. The average Bonchev–Trinajstić information content (AvgIpc) is 3.08. The van der Waals surface area contributed by atoms with Gasteiger partial charge in [-0.05, 0) is 73.8 Å². The van der Waals surface area contributed by atoms with E-state index in [2.05, 4.69) is 16.9 Å². The monoisotopic (exact) mass is 536 g/mol. The van der Waals surface area contributed by atoms with Gasteiger partial charge in [0.15, 0.2) is 12.4 Å². The van der Waals surface area contributed by atoms with Crippen LogP contribution < -0.4 is 4.74 Å². The summed E-state index contributed by atoms with van der Waals surface area (Å²) < 4.78 is 5.76. The lowest BCUT2D eigenvalue weighted by Gasteiger charge is -2.59. The Kier molecular flexibility index (Phi) is 5.87. The molecule has 0 aliphatic heterocycles. The summed E-state index contributed by atoms with van der Waals surface area (Å²) in [5, 5.41) is 24.3. The maximum atomic E-state index is 13.7. The van der Waals surface area contributed by atoms with Gasteiger partial charge in [0.2, 0.25) is 11.7 Å². The number of nitrogens with zero attached hydrogens (tertiary/aromatic N) is 2. The topological polar surface area (TPSA) is 110 Å². The van der Waals surface area contributed by atoms with E-state index in [4.69, 9.17) is 16.3 Å². The molecule has 1 heterocycles. The maximum absolute atomic E-state index is 13.7. The Balaban J connectivity index is 1.26. The number of aliphatic hydroxyl groups is 2. The molecule has 0 saturated heterocycles. The molecule has 2 aromatic rings. The van der Waals surface area contributed by atoms with Gasteiger partial charge < -0.3 is 14.9 Å². The van der Waals surface area contributed by atoms with Crippen LogP contribution in [0.25, 0.3) is 11.0 Å². The highest BCUT2D eigenvalue weighted by Crippen LogP contribution is 2.68. The van der Waals surface area contributed by atoms with E-state index in [0.717, 1.165) is 18.4 Å². The molecule has 8 atom stereocenters. The zero-order chi connectivity index (χ0) is 27.0. The first-order valence-electron chi connectivity index (χ1n) is 13.4. The van der Waals surface area contributed by atoms with Crippen LogP contribution in [0.15, 0.2) is 48.2 Å². The Labute approximate surface area is 227 Å². The van der Waals surface area contributed by atoms with Gasteiger partial charge in [0, 0.05) is 21.8 Å². The second-order valence-corrected chi connectivity index (χ2v) is 12.6. The van der Waals surface area contributed by atoms with Gasteiger partial charge in [0.05, 0.1) is 23.3 Å². The molecule has 5 unspecified atom stereocenters. The zero-order valence-corrected chi connectivity index (χ0v) is 22.6. The second-order valence-electron chi connectivity index (χ2n) is 12.2. The standard InChI is InChI=1S/C30H33ClN2O5/c1-16-10-21-20-6-4-17-11-19(34)8-9-28(17,2)27(20)24(35)13-29(21,3)30(16,37)25(36)15-38-26-14-32-23-12-18(31)5-7-22(23)33-26/h5,7-9,11-12,14,16,20-21,24,27,35,37H,4,6,10,13,15H2,1-3H3/t16-,20?,21?,24+,27?,28?,29?,30+/m1/s1. The van der Waals surface area contributed by atoms with Crippen molar-refractivity contribution in [2.24, 2.45) is 34.5 Å². The van der Waals surface area contributed by atoms with Crippen LogP contribution in [0, 0.1) is 34.5 Å². The van der Waals surface area contributed by atoms with Crippen LogP contribution in [0.4, 0.5) is 0 Å². The lowest BCUT2D eigenvalue weighted by atomic mass is 9.46. The van der Waals surface area contributed by atoms with Crippen molar-refractivity contribution in [1.82, 2.24) is 9.97 Å². The third kappa shape index (κ3) is 3.55. The summed E-state index contributed by atoms with van der Waals surface area (Å²) in [6, 6.07) is 5.15. The van der Waals surface area contributed by atoms with E-state index in [9.17, 15) is 19.8 Å². The minimum atomic E-state index is -1.64. The number of carbonyl (C=O) groups excluding carboxylic acids is 2. The van der Waals surface area contributed by atoms with Crippen molar-refractivity contribution in [2.45, 2.75) is 58.2 Å². The van der Waals surface area contributed by atoms with Crippen LogP contribution in [0.5, 0.6) is 5.88 Å². The number of rotatable bonds is 4. The van der Waals surface area contributed by atoms with Crippen molar-refractivity contribution < 1.29 is 24.5 Å². The quantitative estimate of drug-likeness (QED) is 0.592. The predicted molar refractivity (Wildman–Crippen MR) is 143 cm³/mol. The molecule has 2 N–H and O–H groups in total. The van der Waals surface area contributed by atoms with Crippen molar-refractivity contribution >= 4 is 34.2 Å². The molecule has 38 heavy (non-hydrogen) atoms. The summed E-state index contributed by atoms with van der Waals surface area (Å²) in [4.78, 5) is 34.5. The van der Waals surface area contributed by atoms with Crippen LogP contribution in [-0.4, -0.2) is 50.1 Å². The van der Waals surface area contributed by atoms with E-state index >= 15 is 0 Å². The summed E-state index contributed by atoms with van der Waals surface area (Å²) in [6.45, 7) is 5.67. The van der Waals surface area contributed by atoms with Crippen LogP contribution in [-0.2, 0) is 9.59 Å². The molecule has 6 rings (SSSR count). The Morgan fingerprint density at radius 2 is 2.05 bits per heavy atom. The number of allylic oxidation sites excluding steroid dienone is 4. The minimum Gasteiger partial charge on any atom is -0.468 e. The normalized spacial score (nSPS) is 39.8. The first-order chi connectivity index (χ1) is 18.0. The molecule has 1 aromatic carbocycles. The van der Waals surface area contributed by atoms with Crippen molar-refractivity contribution in [2.75, 3.05) is 6.61 Å². The molecule has 0 spiro atoms. The number of benzene rings is 1. The van der Waals surface area contributed by atoms with Gasteiger partial charge in [-0.2, -0.15) is 0 Å². The molecule has 200 valence electrons. The number of carbonyl (C=O) groups is 2. The Hall–Kier alpha value is -2.61. The zero-order valence-electron chi connectivity index (χ0n) is 21.9. The molecule has 0 bridgehead atoms. The molecule has 4 aliphatic rings. The number of ketones is 2. The van der Waals surface area contributed by atoms with Crippen LogP contribution >= 0.6 is 11.6 Å². The van der Waals surface area contributed by atoms with Crippen LogP contribution in [0.3, 0.4) is 0 Å². The van der Waals surface area contributed by atoms with Crippen molar-refractivity contribution in [3.63, 3.8) is 0 Å². The van der Waals surface area contributed by atoms with Gasteiger partial charge in [-0.3, -0.25) is 9.59 Å². The van der Waals surface area contributed by atoms with Gasteiger partial charge in [-0.25, -0.2) is 9.97 Å². The molecular weight excluding hydrogens is 504 g/mol. The number of aromatic nitrogens is 2. The van der Waals surface area contributed by atoms with E-state index in [0.29, 0.717) is 28.9 Å². The highest BCUT2D eigenvalue weighted by atomic mass is 35.5. The fourth-order valence-electron chi connectivity index (χ4n) is 8.54. The molecule has 0 amide bonds.